The van der Waals surface area contributed by atoms with Gasteiger partial charge in [0.2, 0.25) is 5.91 Å². The number of hydrogen-bond donors (Lipinski definition) is 1. The van der Waals surface area contributed by atoms with Gasteiger partial charge in [0.1, 0.15) is 17.4 Å². The van der Waals surface area contributed by atoms with E-state index < -0.39 is 0 Å². The summed E-state index contributed by atoms with van der Waals surface area (Å²) in [4.78, 5) is 29.2. The molecule has 0 saturated carbocycles. The third kappa shape index (κ3) is 6.99. The number of amides is 2. The Kier molecular flexibility index (Phi) is 9.54. The summed E-state index contributed by atoms with van der Waals surface area (Å²) < 4.78 is 27.8. The molecule has 1 fully saturated rings. The summed E-state index contributed by atoms with van der Waals surface area (Å²) in [7, 11) is 0. The third-order valence-corrected chi connectivity index (χ3v) is 8.07. The maximum atomic E-state index is 13.5. The standard InChI is InChI=1S/C29H28Br2F2N2O3/c30-25-17-21(18-26(31)28(25)37)29(38)35-15-13-34(14-16-35)27(36)4-2-1-3-24(19-5-9-22(32)10-6-19)20-7-11-23(33)12-8-20/h5-12,17-18,24,37H,1-4,13-16H2. The molecule has 0 bridgehead atoms. The van der Waals surface area contributed by atoms with Gasteiger partial charge < -0.3 is 14.9 Å². The highest BCUT2D eigenvalue weighted by Gasteiger charge is 2.25. The minimum absolute atomic E-state index is 0.0131. The molecule has 2 amide bonds. The van der Waals surface area contributed by atoms with E-state index in [4.69, 9.17) is 0 Å². The van der Waals surface area contributed by atoms with Crippen LogP contribution in [0.15, 0.2) is 69.6 Å². The maximum absolute atomic E-state index is 13.5. The molecular formula is C29H28Br2F2N2O3. The average Bonchev–Trinajstić information content (AvgIpc) is 2.92. The topological polar surface area (TPSA) is 60.9 Å². The second-order valence-electron chi connectivity index (χ2n) is 9.36. The Labute approximate surface area is 237 Å². The van der Waals surface area contributed by atoms with Crippen molar-refractivity contribution in [1.82, 2.24) is 9.80 Å². The molecule has 1 N–H and O–H groups in total. The molecule has 3 aromatic carbocycles. The van der Waals surface area contributed by atoms with Gasteiger partial charge >= 0.3 is 0 Å². The fourth-order valence-electron chi connectivity index (χ4n) is 4.73. The van der Waals surface area contributed by atoms with Crippen LogP contribution in [-0.4, -0.2) is 52.9 Å². The lowest BCUT2D eigenvalue weighted by atomic mass is 9.87. The van der Waals surface area contributed by atoms with Crippen molar-refractivity contribution in [2.45, 2.75) is 31.6 Å². The summed E-state index contributed by atoms with van der Waals surface area (Å²) in [6, 6.07) is 15.9. The molecule has 0 unspecified atom stereocenters. The summed E-state index contributed by atoms with van der Waals surface area (Å²) in [5, 5.41) is 9.88. The summed E-state index contributed by atoms with van der Waals surface area (Å²) in [5.74, 6) is -0.663. The lowest BCUT2D eigenvalue weighted by Crippen LogP contribution is -2.50. The predicted octanol–water partition coefficient (Wildman–Crippen LogP) is 6.87. The van der Waals surface area contributed by atoms with Gasteiger partial charge in [-0.3, -0.25) is 9.59 Å². The van der Waals surface area contributed by atoms with Crippen molar-refractivity contribution in [3.8, 4) is 5.75 Å². The van der Waals surface area contributed by atoms with E-state index in [0.29, 0.717) is 53.5 Å². The zero-order chi connectivity index (χ0) is 27.2. The number of aromatic hydroxyl groups is 1. The molecule has 1 heterocycles. The van der Waals surface area contributed by atoms with Crippen LogP contribution in [0.25, 0.3) is 0 Å². The van der Waals surface area contributed by atoms with Gasteiger partial charge in [-0.05, 0) is 92.2 Å². The van der Waals surface area contributed by atoms with Crippen LogP contribution in [0.4, 0.5) is 8.78 Å². The van der Waals surface area contributed by atoms with Crippen molar-refractivity contribution in [3.05, 3.63) is 97.9 Å². The molecule has 4 rings (SSSR count). The van der Waals surface area contributed by atoms with E-state index in [2.05, 4.69) is 31.9 Å². The maximum Gasteiger partial charge on any atom is 0.254 e. The van der Waals surface area contributed by atoms with Gasteiger partial charge in [0.05, 0.1) is 8.95 Å². The zero-order valence-corrected chi connectivity index (χ0v) is 23.8. The Balaban J connectivity index is 1.27. The monoisotopic (exact) mass is 648 g/mol. The molecular weight excluding hydrogens is 622 g/mol. The molecule has 0 aromatic heterocycles. The molecule has 38 heavy (non-hydrogen) atoms. The molecule has 1 aliphatic rings. The number of phenolic OH excluding ortho intramolecular Hbond substituents is 1. The van der Waals surface area contributed by atoms with Crippen molar-refractivity contribution in [1.29, 1.82) is 0 Å². The molecule has 5 nitrogen and oxygen atoms in total. The van der Waals surface area contributed by atoms with Gasteiger partial charge in [-0.25, -0.2) is 8.78 Å². The van der Waals surface area contributed by atoms with Crippen LogP contribution in [-0.2, 0) is 4.79 Å². The number of hydrogen-bond acceptors (Lipinski definition) is 3. The number of benzene rings is 3. The van der Waals surface area contributed by atoms with Crippen molar-refractivity contribution >= 4 is 43.7 Å². The average molecular weight is 650 g/mol. The number of nitrogens with zero attached hydrogens (tertiary/aromatic N) is 2. The molecule has 3 aromatic rings. The molecule has 1 aliphatic heterocycles. The fraction of sp³-hybridized carbons (Fsp3) is 0.310. The summed E-state index contributed by atoms with van der Waals surface area (Å²) in [5.41, 5.74) is 2.37. The lowest BCUT2D eigenvalue weighted by molar-refractivity contribution is -0.132. The van der Waals surface area contributed by atoms with Gasteiger partial charge in [0.25, 0.3) is 5.91 Å². The first-order chi connectivity index (χ1) is 18.2. The van der Waals surface area contributed by atoms with Gasteiger partial charge in [0.15, 0.2) is 0 Å². The fourth-order valence-corrected chi connectivity index (χ4v) is 5.92. The van der Waals surface area contributed by atoms with Gasteiger partial charge in [0, 0.05) is 44.1 Å². The van der Waals surface area contributed by atoms with E-state index in [1.807, 2.05) is 0 Å². The van der Waals surface area contributed by atoms with E-state index >= 15 is 0 Å². The van der Waals surface area contributed by atoms with Crippen LogP contribution in [0.2, 0.25) is 0 Å². The van der Waals surface area contributed by atoms with Crippen molar-refractivity contribution in [2.24, 2.45) is 0 Å². The minimum Gasteiger partial charge on any atom is -0.506 e. The highest BCUT2D eigenvalue weighted by Crippen LogP contribution is 2.34. The van der Waals surface area contributed by atoms with E-state index in [1.54, 1.807) is 46.2 Å². The Morgan fingerprint density at radius 3 is 1.76 bits per heavy atom. The van der Waals surface area contributed by atoms with Crippen LogP contribution in [0.1, 0.15) is 53.1 Å². The van der Waals surface area contributed by atoms with Crippen molar-refractivity contribution < 1.29 is 23.5 Å². The number of phenols is 1. The second-order valence-corrected chi connectivity index (χ2v) is 11.1. The molecule has 9 heteroatoms. The molecule has 0 aliphatic carbocycles. The van der Waals surface area contributed by atoms with Crippen LogP contribution in [0, 0.1) is 11.6 Å². The van der Waals surface area contributed by atoms with Crippen LogP contribution in [0.5, 0.6) is 5.75 Å². The Morgan fingerprint density at radius 1 is 0.789 bits per heavy atom. The van der Waals surface area contributed by atoms with E-state index in [1.165, 1.54) is 24.3 Å². The minimum atomic E-state index is -0.303. The van der Waals surface area contributed by atoms with Gasteiger partial charge in [-0.1, -0.05) is 30.7 Å². The quantitative estimate of drug-likeness (QED) is 0.271. The Bertz CT molecular complexity index is 1210. The number of halogens is 4. The van der Waals surface area contributed by atoms with Crippen molar-refractivity contribution in [3.63, 3.8) is 0 Å². The predicted molar refractivity (Wildman–Crippen MR) is 149 cm³/mol. The van der Waals surface area contributed by atoms with E-state index in [0.717, 1.165) is 24.0 Å². The summed E-state index contributed by atoms with van der Waals surface area (Å²) >= 11 is 6.51. The van der Waals surface area contributed by atoms with E-state index in [-0.39, 0.29) is 35.1 Å². The van der Waals surface area contributed by atoms with E-state index in [9.17, 15) is 23.5 Å². The molecule has 200 valence electrons. The zero-order valence-electron chi connectivity index (χ0n) is 20.7. The highest BCUT2D eigenvalue weighted by atomic mass is 79.9. The first kappa shape index (κ1) is 28.2. The number of rotatable bonds is 8. The molecule has 0 atom stereocenters. The summed E-state index contributed by atoms with van der Waals surface area (Å²) in [6.07, 6.45) is 2.65. The Hall–Kier alpha value is -2.78. The number of carbonyl (C=O) groups excluding carboxylic acids is 2. The number of piperazine rings is 1. The largest absolute Gasteiger partial charge is 0.506 e. The lowest BCUT2D eigenvalue weighted by Gasteiger charge is -2.35. The smallest absolute Gasteiger partial charge is 0.254 e. The van der Waals surface area contributed by atoms with Gasteiger partial charge in [-0.15, -0.1) is 0 Å². The first-order valence-corrected chi connectivity index (χ1v) is 14.1. The highest BCUT2D eigenvalue weighted by molar-refractivity contribution is 9.11. The molecule has 0 spiro atoms. The van der Waals surface area contributed by atoms with Crippen LogP contribution < -0.4 is 0 Å². The van der Waals surface area contributed by atoms with Crippen molar-refractivity contribution in [2.75, 3.05) is 26.2 Å². The number of unbranched alkanes of at least 4 members (excludes halogenated alkanes) is 1. The first-order valence-electron chi connectivity index (χ1n) is 12.5. The molecule has 1 saturated heterocycles. The Morgan fingerprint density at radius 2 is 1.26 bits per heavy atom. The second kappa shape index (κ2) is 12.8. The number of carbonyl (C=O) groups is 2. The van der Waals surface area contributed by atoms with Crippen LogP contribution in [0.3, 0.4) is 0 Å². The normalized spacial score (nSPS) is 13.7. The summed E-state index contributed by atoms with van der Waals surface area (Å²) in [6.45, 7) is 1.83. The SMILES string of the molecule is O=C(CCCCC(c1ccc(F)cc1)c1ccc(F)cc1)N1CCN(C(=O)c2cc(Br)c(O)c(Br)c2)CC1. The van der Waals surface area contributed by atoms with Crippen LogP contribution >= 0.6 is 31.9 Å². The van der Waals surface area contributed by atoms with Gasteiger partial charge in [-0.2, -0.15) is 0 Å². The third-order valence-electron chi connectivity index (χ3n) is 6.86. The molecule has 0 radical (unpaired) electrons.